The predicted molar refractivity (Wildman–Crippen MR) is 121 cm³/mol. The lowest BCUT2D eigenvalue weighted by Crippen LogP contribution is -2.42. The van der Waals surface area contributed by atoms with Crippen LogP contribution in [0.4, 0.5) is 0 Å². The van der Waals surface area contributed by atoms with Gasteiger partial charge in [0, 0.05) is 30.4 Å². The molecule has 31 heavy (non-hydrogen) atoms. The Kier molecular flexibility index (Phi) is 6.60. The number of nitrogens with one attached hydrogen (secondary N) is 1. The zero-order valence-electron chi connectivity index (χ0n) is 16.8. The molecule has 8 heteroatoms. The van der Waals surface area contributed by atoms with Crippen molar-refractivity contribution < 1.29 is 17.6 Å². The third kappa shape index (κ3) is 4.92. The number of carbonyl (C=O) groups excluding carboxylic acids is 1. The van der Waals surface area contributed by atoms with E-state index in [-0.39, 0.29) is 17.2 Å². The van der Waals surface area contributed by atoms with Gasteiger partial charge < -0.3 is 9.73 Å². The third-order valence-corrected chi connectivity index (χ3v) is 7.89. The first-order valence-corrected chi connectivity index (χ1v) is 12.3. The summed E-state index contributed by atoms with van der Waals surface area (Å²) < 4.78 is 34.4. The molecule has 2 aromatic carbocycles. The van der Waals surface area contributed by atoms with Crippen molar-refractivity contribution in [1.82, 2.24) is 9.62 Å². The molecule has 0 saturated carbocycles. The van der Waals surface area contributed by atoms with Crippen LogP contribution in [-0.4, -0.2) is 31.7 Å². The van der Waals surface area contributed by atoms with Crippen LogP contribution >= 0.6 is 15.9 Å². The first-order valence-electron chi connectivity index (χ1n) is 10.1. The van der Waals surface area contributed by atoms with Crippen LogP contribution in [0.15, 0.2) is 80.7 Å². The smallest absolute Gasteiger partial charge is 0.243 e. The van der Waals surface area contributed by atoms with Crippen molar-refractivity contribution in [3.8, 4) is 0 Å². The maximum Gasteiger partial charge on any atom is 0.243 e. The number of benzene rings is 2. The Morgan fingerprint density at radius 2 is 1.87 bits per heavy atom. The fraction of sp³-hybridized carbons (Fsp3) is 0.261. The van der Waals surface area contributed by atoms with Crippen molar-refractivity contribution in [2.24, 2.45) is 0 Å². The highest BCUT2D eigenvalue weighted by atomic mass is 79.9. The molecule has 3 aromatic rings. The van der Waals surface area contributed by atoms with Gasteiger partial charge in [0.15, 0.2) is 0 Å². The van der Waals surface area contributed by atoms with Gasteiger partial charge in [-0.25, -0.2) is 8.42 Å². The molecular formula is C23H23BrN2O4S. The first kappa shape index (κ1) is 21.8. The molecule has 162 valence electrons. The van der Waals surface area contributed by atoms with Crippen molar-refractivity contribution in [3.63, 3.8) is 0 Å². The zero-order valence-corrected chi connectivity index (χ0v) is 19.2. The number of hydrogen-bond acceptors (Lipinski definition) is 4. The minimum absolute atomic E-state index is 0.0604. The van der Waals surface area contributed by atoms with Gasteiger partial charge in [-0.3, -0.25) is 4.79 Å². The van der Waals surface area contributed by atoms with Crippen LogP contribution in [0.25, 0.3) is 0 Å². The van der Waals surface area contributed by atoms with Gasteiger partial charge in [0.25, 0.3) is 0 Å². The lowest BCUT2D eigenvalue weighted by Gasteiger charge is -2.36. The van der Waals surface area contributed by atoms with Crippen molar-refractivity contribution in [3.05, 3.63) is 88.3 Å². The minimum atomic E-state index is -3.75. The number of fused-ring (bicyclic) bond motifs is 1. The summed E-state index contributed by atoms with van der Waals surface area (Å²) in [6.45, 7) is 0.764. The second kappa shape index (κ2) is 9.38. The second-order valence-electron chi connectivity index (χ2n) is 7.42. The highest BCUT2D eigenvalue weighted by Gasteiger charge is 2.37. The van der Waals surface area contributed by atoms with E-state index in [1.165, 1.54) is 4.31 Å². The molecule has 0 radical (unpaired) electrons. The van der Waals surface area contributed by atoms with Gasteiger partial charge in [0.2, 0.25) is 15.9 Å². The van der Waals surface area contributed by atoms with Gasteiger partial charge >= 0.3 is 0 Å². The van der Waals surface area contributed by atoms with Gasteiger partial charge in [0.05, 0.1) is 17.2 Å². The Morgan fingerprint density at radius 1 is 1.10 bits per heavy atom. The quantitative estimate of drug-likeness (QED) is 0.527. The van der Waals surface area contributed by atoms with Crippen LogP contribution in [0.5, 0.6) is 0 Å². The Labute approximate surface area is 190 Å². The minimum Gasteiger partial charge on any atom is -0.469 e. The Bertz CT molecular complexity index is 1140. The summed E-state index contributed by atoms with van der Waals surface area (Å²) in [5.41, 5.74) is 1.97. The fourth-order valence-corrected chi connectivity index (χ4v) is 5.77. The van der Waals surface area contributed by atoms with Crippen molar-refractivity contribution in [2.45, 2.75) is 30.2 Å². The summed E-state index contributed by atoms with van der Waals surface area (Å²) >= 11 is 3.34. The van der Waals surface area contributed by atoms with Gasteiger partial charge in [-0.2, -0.15) is 4.31 Å². The Hall–Kier alpha value is -2.42. The van der Waals surface area contributed by atoms with Gasteiger partial charge in [-0.05, 0) is 53.9 Å². The van der Waals surface area contributed by atoms with E-state index < -0.39 is 16.1 Å². The van der Waals surface area contributed by atoms with E-state index >= 15 is 0 Å². The summed E-state index contributed by atoms with van der Waals surface area (Å²) in [7, 11) is -3.75. The zero-order chi connectivity index (χ0) is 21.8. The SMILES string of the molecule is O=C(C[C@H]1c2ccccc2CCN1S(=O)(=O)c1ccc(Br)cc1)NCCc1ccco1. The number of halogens is 1. The number of hydrogen-bond donors (Lipinski definition) is 1. The molecule has 0 bridgehead atoms. The summed E-state index contributed by atoms with van der Waals surface area (Å²) in [6, 6.07) is 17.4. The molecule has 1 amide bonds. The van der Waals surface area contributed by atoms with Gasteiger partial charge in [-0.15, -0.1) is 0 Å². The van der Waals surface area contributed by atoms with E-state index in [0.29, 0.717) is 25.9 Å². The van der Waals surface area contributed by atoms with Crippen LogP contribution in [0.1, 0.15) is 29.3 Å². The molecule has 2 heterocycles. The lowest BCUT2D eigenvalue weighted by atomic mass is 9.92. The lowest BCUT2D eigenvalue weighted by molar-refractivity contribution is -0.122. The molecule has 1 aliphatic heterocycles. The van der Waals surface area contributed by atoms with E-state index in [1.807, 2.05) is 30.3 Å². The van der Waals surface area contributed by atoms with Crippen molar-refractivity contribution in [1.29, 1.82) is 0 Å². The molecule has 1 aromatic heterocycles. The van der Waals surface area contributed by atoms with Crippen LogP contribution in [-0.2, 0) is 27.7 Å². The summed E-state index contributed by atoms with van der Waals surface area (Å²) in [4.78, 5) is 13.0. The van der Waals surface area contributed by atoms with E-state index in [0.717, 1.165) is 21.4 Å². The standard InChI is InChI=1S/C23H23BrN2O4S/c24-18-7-9-20(10-8-18)31(28,29)26-14-12-17-4-1-2-6-21(17)22(26)16-23(27)25-13-11-19-5-3-15-30-19/h1-10,15,22H,11-14,16H2,(H,25,27)/t22-/m0/s1. The van der Waals surface area contributed by atoms with Crippen LogP contribution < -0.4 is 5.32 Å². The van der Waals surface area contributed by atoms with Crippen LogP contribution in [0, 0.1) is 0 Å². The summed E-state index contributed by atoms with van der Waals surface area (Å²) in [6.07, 6.45) is 2.86. The molecule has 0 aliphatic carbocycles. The predicted octanol–water partition coefficient (Wildman–Crippen LogP) is 4.08. The highest BCUT2D eigenvalue weighted by Crippen LogP contribution is 2.36. The summed E-state index contributed by atoms with van der Waals surface area (Å²) in [5.74, 6) is 0.604. The van der Waals surface area contributed by atoms with E-state index in [2.05, 4.69) is 21.2 Å². The van der Waals surface area contributed by atoms with Gasteiger partial charge in [0.1, 0.15) is 5.76 Å². The summed E-state index contributed by atoms with van der Waals surface area (Å²) in [5, 5.41) is 2.89. The van der Waals surface area contributed by atoms with E-state index in [4.69, 9.17) is 4.42 Å². The van der Waals surface area contributed by atoms with Gasteiger partial charge in [-0.1, -0.05) is 40.2 Å². The van der Waals surface area contributed by atoms with Crippen LogP contribution in [0.2, 0.25) is 0 Å². The number of carbonyl (C=O) groups is 1. The average molecular weight is 503 g/mol. The van der Waals surface area contributed by atoms with E-state index in [9.17, 15) is 13.2 Å². The van der Waals surface area contributed by atoms with Crippen LogP contribution in [0.3, 0.4) is 0 Å². The largest absolute Gasteiger partial charge is 0.469 e. The number of rotatable bonds is 7. The highest BCUT2D eigenvalue weighted by molar-refractivity contribution is 9.10. The monoisotopic (exact) mass is 502 g/mol. The maximum absolute atomic E-state index is 13.4. The molecule has 6 nitrogen and oxygen atoms in total. The number of furan rings is 1. The number of nitrogens with zero attached hydrogens (tertiary/aromatic N) is 1. The fourth-order valence-electron chi connectivity index (χ4n) is 3.90. The Morgan fingerprint density at radius 3 is 2.61 bits per heavy atom. The maximum atomic E-state index is 13.4. The molecule has 0 fully saturated rings. The van der Waals surface area contributed by atoms with Crippen molar-refractivity contribution >= 4 is 31.9 Å². The molecule has 1 atom stereocenters. The topological polar surface area (TPSA) is 79.6 Å². The Balaban J connectivity index is 1.56. The number of amides is 1. The molecule has 0 unspecified atom stereocenters. The molecule has 4 rings (SSSR count). The second-order valence-corrected chi connectivity index (χ2v) is 10.2. The molecule has 0 spiro atoms. The molecular weight excluding hydrogens is 480 g/mol. The van der Waals surface area contributed by atoms with Crippen molar-refractivity contribution in [2.75, 3.05) is 13.1 Å². The molecule has 1 N–H and O–H groups in total. The average Bonchev–Trinajstić information content (AvgIpc) is 3.27. The van der Waals surface area contributed by atoms with E-state index in [1.54, 1.807) is 36.6 Å². The first-order chi connectivity index (χ1) is 14.9. The molecule has 1 aliphatic rings. The molecule has 0 saturated heterocycles. The number of sulfonamides is 1. The third-order valence-electron chi connectivity index (χ3n) is 5.44. The normalized spacial score (nSPS) is 16.6.